The Morgan fingerprint density at radius 3 is 2.33 bits per heavy atom. The highest BCUT2D eigenvalue weighted by Crippen LogP contribution is 2.21. The van der Waals surface area contributed by atoms with E-state index in [0.29, 0.717) is 11.3 Å². The number of anilines is 1. The lowest BCUT2D eigenvalue weighted by atomic mass is 10.3. The predicted octanol–water partition coefficient (Wildman–Crippen LogP) is 3.60. The van der Waals surface area contributed by atoms with Crippen LogP contribution in [0.25, 0.3) is 0 Å². The Balaban J connectivity index is 2.15. The lowest BCUT2D eigenvalue weighted by Gasteiger charge is -2.06. The number of benzene rings is 1. The molecule has 0 saturated heterocycles. The third kappa shape index (κ3) is 3.77. The zero-order valence-electron chi connectivity index (χ0n) is 10.2. The number of amides is 1. The van der Waals surface area contributed by atoms with Gasteiger partial charge in [0.15, 0.2) is 0 Å². The number of alkyl halides is 2. The monoisotopic (exact) mass is 443 g/mol. The van der Waals surface area contributed by atoms with Crippen LogP contribution in [0.5, 0.6) is 0 Å². The number of thiophene rings is 1. The molecular weight excluding hydrogens is 435 g/mol. The average molecular weight is 443 g/mol. The molecule has 2 rings (SSSR count). The van der Waals surface area contributed by atoms with Gasteiger partial charge in [0.2, 0.25) is 9.84 Å². The van der Waals surface area contributed by atoms with Crippen molar-refractivity contribution in [2.24, 2.45) is 0 Å². The molecule has 1 N–H and O–H groups in total. The molecule has 2 aromatic rings. The van der Waals surface area contributed by atoms with Crippen LogP contribution in [0.2, 0.25) is 0 Å². The molecule has 21 heavy (non-hydrogen) atoms. The summed E-state index contributed by atoms with van der Waals surface area (Å²) in [4.78, 5) is 11.4. The van der Waals surface area contributed by atoms with Crippen LogP contribution in [0, 0.1) is 2.88 Å². The van der Waals surface area contributed by atoms with Crippen LogP contribution in [0.1, 0.15) is 10.4 Å². The first-order chi connectivity index (χ1) is 9.80. The van der Waals surface area contributed by atoms with Crippen molar-refractivity contribution in [3.8, 4) is 0 Å². The normalized spacial score (nSPS) is 11.6. The Morgan fingerprint density at radius 2 is 1.86 bits per heavy atom. The van der Waals surface area contributed by atoms with Crippen molar-refractivity contribution in [1.82, 2.24) is 0 Å². The van der Waals surface area contributed by atoms with Crippen LogP contribution in [0.3, 0.4) is 0 Å². The van der Waals surface area contributed by atoms with Gasteiger partial charge < -0.3 is 5.32 Å². The number of carbonyl (C=O) groups is 1. The molecule has 1 heterocycles. The zero-order chi connectivity index (χ0) is 15.6. The van der Waals surface area contributed by atoms with E-state index < -0.39 is 20.5 Å². The Hall–Kier alpha value is -1.07. The van der Waals surface area contributed by atoms with Gasteiger partial charge in [0.25, 0.3) is 5.91 Å². The highest BCUT2D eigenvalue weighted by Gasteiger charge is 2.26. The van der Waals surface area contributed by atoms with E-state index in [1.54, 1.807) is 11.4 Å². The van der Waals surface area contributed by atoms with Crippen molar-refractivity contribution in [2.45, 2.75) is 10.7 Å². The summed E-state index contributed by atoms with van der Waals surface area (Å²) >= 11 is 3.50. The molecule has 9 heteroatoms. The summed E-state index contributed by atoms with van der Waals surface area (Å²) in [5.41, 5.74) is 0.808. The van der Waals surface area contributed by atoms with Crippen LogP contribution in [0.4, 0.5) is 14.5 Å². The maximum atomic E-state index is 12.4. The number of hydrogen-bond donors (Lipinski definition) is 1. The van der Waals surface area contributed by atoms with Crippen molar-refractivity contribution in [1.29, 1.82) is 0 Å². The first kappa shape index (κ1) is 16.3. The maximum absolute atomic E-state index is 12.4. The summed E-state index contributed by atoms with van der Waals surface area (Å²) in [6.45, 7) is 0. The smallest absolute Gasteiger partial charge is 0.322 e. The minimum absolute atomic E-state index is 0.328. The molecule has 0 radical (unpaired) electrons. The fourth-order valence-corrected chi connectivity index (χ4v) is 3.51. The Bertz CT molecular complexity index is 757. The number of carbonyl (C=O) groups excluding carboxylic acids is 1. The Labute approximate surface area is 137 Å². The highest BCUT2D eigenvalue weighted by atomic mass is 127. The second-order valence-corrected chi connectivity index (χ2v) is 8.65. The molecule has 1 aromatic carbocycles. The van der Waals surface area contributed by atoms with E-state index in [9.17, 15) is 22.0 Å². The van der Waals surface area contributed by atoms with Gasteiger partial charge in [0.05, 0.1) is 13.3 Å². The Kier molecular flexibility index (Phi) is 4.94. The molecule has 4 nitrogen and oxygen atoms in total. The first-order valence-electron chi connectivity index (χ1n) is 5.48. The van der Waals surface area contributed by atoms with E-state index in [2.05, 4.69) is 27.9 Å². The minimum atomic E-state index is -4.62. The molecule has 1 aromatic heterocycles. The van der Waals surface area contributed by atoms with Gasteiger partial charge in [-0.1, -0.05) is 0 Å². The summed E-state index contributed by atoms with van der Waals surface area (Å²) in [5, 5.41) is 4.25. The Morgan fingerprint density at radius 1 is 1.24 bits per heavy atom. The SMILES string of the molecule is O=C(Nc1ccc(S(=O)(=O)C(F)F)cc1)c1csc(I)c1. The molecule has 0 bridgehead atoms. The van der Waals surface area contributed by atoms with Gasteiger partial charge in [-0.15, -0.1) is 11.3 Å². The topological polar surface area (TPSA) is 63.2 Å². The lowest BCUT2D eigenvalue weighted by Crippen LogP contribution is -2.13. The third-order valence-electron chi connectivity index (χ3n) is 2.50. The van der Waals surface area contributed by atoms with Gasteiger partial charge in [-0.25, -0.2) is 8.42 Å². The highest BCUT2D eigenvalue weighted by molar-refractivity contribution is 14.1. The van der Waals surface area contributed by atoms with E-state index in [4.69, 9.17) is 0 Å². The number of nitrogens with one attached hydrogen (secondary N) is 1. The van der Waals surface area contributed by atoms with Crippen molar-refractivity contribution < 1.29 is 22.0 Å². The number of sulfone groups is 1. The van der Waals surface area contributed by atoms with E-state index in [-0.39, 0.29) is 5.91 Å². The fourth-order valence-electron chi connectivity index (χ4n) is 1.46. The maximum Gasteiger partial charge on any atom is 0.341 e. The lowest BCUT2D eigenvalue weighted by molar-refractivity contribution is 0.102. The quantitative estimate of drug-likeness (QED) is 0.735. The molecule has 0 fully saturated rings. The number of halogens is 3. The fraction of sp³-hybridized carbons (Fsp3) is 0.0833. The van der Waals surface area contributed by atoms with E-state index >= 15 is 0 Å². The number of rotatable bonds is 4. The average Bonchev–Trinajstić information content (AvgIpc) is 2.86. The summed E-state index contributed by atoms with van der Waals surface area (Å²) in [6, 6.07) is 6.31. The molecule has 0 atom stereocenters. The van der Waals surface area contributed by atoms with Crippen LogP contribution in [0.15, 0.2) is 40.6 Å². The first-order valence-corrected chi connectivity index (χ1v) is 8.98. The van der Waals surface area contributed by atoms with Gasteiger partial charge in [-0.2, -0.15) is 8.78 Å². The molecular formula is C12H8F2INO3S2. The summed E-state index contributed by atoms with van der Waals surface area (Å²) < 4.78 is 48.2. The van der Waals surface area contributed by atoms with Crippen LogP contribution in [-0.2, 0) is 9.84 Å². The molecule has 0 aliphatic rings. The number of hydrogen-bond acceptors (Lipinski definition) is 4. The van der Waals surface area contributed by atoms with Crippen molar-refractivity contribution in [2.75, 3.05) is 5.32 Å². The van der Waals surface area contributed by atoms with Crippen LogP contribution in [-0.4, -0.2) is 20.1 Å². The van der Waals surface area contributed by atoms with Crippen molar-refractivity contribution >= 4 is 55.4 Å². The van der Waals surface area contributed by atoms with Gasteiger partial charge >= 0.3 is 5.76 Å². The molecule has 0 unspecified atom stereocenters. The molecule has 0 aliphatic heterocycles. The van der Waals surface area contributed by atoms with E-state index in [0.717, 1.165) is 15.0 Å². The summed E-state index contributed by atoms with van der Waals surface area (Å²) in [7, 11) is -4.62. The standard InChI is InChI=1S/C12H8F2INO3S2/c13-12(14)21(18,19)9-3-1-8(2-4-9)16-11(17)7-5-10(15)20-6-7/h1-6,12H,(H,16,17). The predicted molar refractivity (Wildman–Crippen MR) is 84.6 cm³/mol. The third-order valence-corrected chi connectivity index (χ3v) is 5.69. The summed E-state index contributed by atoms with van der Waals surface area (Å²) in [6.07, 6.45) is 0. The van der Waals surface area contributed by atoms with Gasteiger partial charge in [-0.3, -0.25) is 4.79 Å². The van der Waals surface area contributed by atoms with E-state index in [1.165, 1.54) is 23.5 Å². The van der Waals surface area contributed by atoms with Crippen molar-refractivity contribution in [3.05, 3.63) is 44.2 Å². The van der Waals surface area contributed by atoms with Gasteiger partial charge in [-0.05, 0) is 52.9 Å². The second kappa shape index (κ2) is 6.36. The van der Waals surface area contributed by atoms with Crippen LogP contribution >= 0.6 is 33.9 Å². The van der Waals surface area contributed by atoms with Crippen LogP contribution < -0.4 is 5.32 Å². The molecule has 1 amide bonds. The largest absolute Gasteiger partial charge is 0.341 e. The van der Waals surface area contributed by atoms with E-state index in [1.807, 2.05) is 0 Å². The van der Waals surface area contributed by atoms with Crippen molar-refractivity contribution in [3.63, 3.8) is 0 Å². The van der Waals surface area contributed by atoms with Gasteiger partial charge in [0.1, 0.15) is 0 Å². The second-order valence-electron chi connectivity index (χ2n) is 3.92. The van der Waals surface area contributed by atoms with Gasteiger partial charge in [0, 0.05) is 11.1 Å². The minimum Gasteiger partial charge on any atom is -0.322 e. The molecule has 0 aliphatic carbocycles. The summed E-state index contributed by atoms with van der Waals surface area (Å²) in [5.74, 6) is -3.82. The molecule has 0 spiro atoms. The molecule has 112 valence electrons. The zero-order valence-corrected chi connectivity index (χ0v) is 14.0. The molecule has 0 saturated carbocycles.